The number of sulfonamides is 1. The number of hydrogen-bond donors (Lipinski definition) is 0. The second-order valence-corrected chi connectivity index (χ2v) is 8.43. The van der Waals surface area contributed by atoms with Gasteiger partial charge in [0.05, 0.1) is 11.5 Å². The third kappa shape index (κ3) is 4.07. The average molecular weight is 374 g/mol. The van der Waals surface area contributed by atoms with Crippen molar-refractivity contribution in [1.29, 1.82) is 0 Å². The molecule has 1 aliphatic carbocycles. The van der Waals surface area contributed by atoms with Crippen LogP contribution < -0.4 is 0 Å². The number of nitrogens with zero attached hydrogens (tertiary/aromatic N) is 1. The molecule has 0 heterocycles. The maximum atomic E-state index is 13.3. The van der Waals surface area contributed by atoms with Gasteiger partial charge in [-0.3, -0.25) is 4.79 Å². The van der Waals surface area contributed by atoms with Gasteiger partial charge < -0.3 is 4.74 Å². The lowest BCUT2D eigenvalue weighted by Crippen LogP contribution is -2.44. The number of fused-ring (bicyclic) bond motifs is 1. The van der Waals surface area contributed by atoms with Gasteiger partial charge in [0.25, 0.3) is 0 Å². The van der Waals surface area contributed by atoms with Crippen molar-refractivity contribution in [3.63, 3.8) is 0 Å². The first-order valence-corrected chi connectivity index (χ1v) is 10.5. The molecule has 0 bridgehead atoms. The Bertz CT molecular complexity index is 872. The van der Waals surface area contributed by atoms with Gasteiger partial charge in [-0.05, 0) is 42.7 Å². The molecule has 2 aromatic rings. The van der Waals surface area contributed by atoms with E-state index in [1.807, 2.05) is 24.3 Å². The molecular formula is C20H24NO4S. The van der Waals surface area contributed by atoms with Gasteiger partial charge in [-0.2, -0.15) is 4.31 Å². The number of carbonyl (C=O) groups is 1. The van der Waals surface area contributed by atoms with Crippen molar-refractivity contribution >= 4 is 26.8 Å². The van der Waals surface area contributed by atoms with Gasteiger partial charge in [0.2, 0.25) is 10.0 Å². The molecular weight excluding hydrogens is 350 g/mol. The van der Waals surface area contributed by atoms with E-state index in [1.54, 1.807) is 19.1 Å². The first kappa shape index (κ1) is 18.9. The maximum absolute atomic E-state index is 13.3. The molecule has 2 aromatic carbocycles. The van der Waals surface area contributed by atoms with E-state index < -0.39 is 16.0 Å². The zero-order valence-electron chi connectivity index (χ0n) is 15.0. The normalized spacial score (nSPS) is 16.1. The first-order valence-electron chi connectivity index (χ1n) is 9.10. The SMILES string of the molecule is CCOC(=O)CN(C1CCCCC1)S(=O)(=O)c1[c]cc2ccccc2c1. The molecule has 1 radical (unpaired) electrons. The fraction of sp³-hybridized carbons (Fsp3) is 0.450. The van der Waals surface area contributed by atoms with Crippen molar-refractivity contribution in [3.05, 3.63) is 42.5 Å². The van der Waals surface area contributed by atoms with Crippen LogP contribution in [0.2, 0.25) is 0 Å². The van der Waals surface area contributed by atoms with Crippen LogP contribution in [0.4, 0.5) is 0 Å². The van der Waals surface area contributed by atoms with E-state index >= 15 is 0 Å². The summed E-state index contributed by atoms with van der Waals surface area (Å²) in [5.41, 5.74) is 0. The molecule has 26 heavy (non-hydrogen) atoms. The number of hydrogen-bond acceptors (Lipinski definition) is 4. The molecule has 1 aliphatic rings. The third-order valence-electron chi connectivity index (χ3n) is 4.81. The van der Waals surface area contributed by atoms with Gasteiger partial charge >= 0.3 is 5.97 Å². The molecule has 1 saturated carbocycles. The maximum Gasteiger partial charge on any atom is 0.321 e. The summed E-state index contributed by atoms with van der Waals surface area (Å²) in [7, 11) is -3.83. The Labute approximate surface area is 155 Å². The van der Waals surface area contributed by atoms with E-state index in [0.29, 0.717) is 0 Å². The van der Waals surface area contributed by atoms with Crippen molar-refractivity contribution in [2.24, 2.45) is 0 Å². The molecule has 0 unspecified atom stereocenters. The van der Waals surface area contributed by atoms with Gasteiger partial charge in [-0.15, -0.1) is 0 Å². The lowest BCUT2D eigenvalue weighted by molar-refractivity contribution is -0.143. The van der Waals surface area contributed by atoms with Crippen LogP contribution in [0.25, 0.3) is 10.8 Å². The topological polar surface area (TPSA) is 63.7 Å². The van der Waals surface area contributed by atoms with Crippen molar-refractivity contribution in [2.45, 2.75) is 50.0 Å². The average Bonchev–Trinajstić information content (AvgIpc) is 2.66. The lowest BCUT2D eigenvalue weighted by Gasteiger charge is -2.32. The van der Waals surface area contributed by atoms with Gasteiger partial charge in [0.15, 0.2) is 0 Å². The minimum atomic E-state index is -3.83. The van der Waals surface area contributed by atoms with Crippen LogP contribution in [-0.2, 0) is 19.6 Å². The Morgan fingerprint density at radius 3 is 2.58 bits per heavy atom. The van der Waals surface area contributed by atoms with Gasteiger partial charge in [-0.1, -0.05) is 43.5 Å². The summed E-state index contributed by atoms with van der Waals surface area (Å²) in [6.07, 6.45) is 4.59. The Hall–Kier alpha value is -1.92. The van der Waals surface area contributed by atoms with E-state index in [2.05, 4.69) is 6.07 Å². The van der Waals surface area contributed by atoms with Crippen molar-refractivity contribution in [2.75, 3.05) is 13.2 Å². The Morgan fingerprint density at radius 2 is 1.88 bits per heavy atom. The molecule has 0 aromatic heterocycles. The van der Waals surface area contributed by atoms with Crippen molar-refractivity contribution < 1.29 is 17.9 Å². The van der Waals surface area contributed by atoms with E-state index in [4.69, 9.17) is 4.74 Å². The Balaban J connectivity index is 1.96. The summed E-state index contributed by atoms with van der Waals surface area (Å²) in [6.45, 7) is 1.70. The second kappa shape index (κ2) is 8.18. The fourth-order valence-corrected chi connectivity index (χ4v) is 5.11. The number of rotatable bonds is 6. The molecule has 0 N–H and O–H groups in total. The van der Waals surface area contributed by atoms with E-state index in [1.165, 1.54) is 4.31 Å². The van der Waals surface area contributed by atoms with Crippen molar-refractivity contribution in [3.8, 4) is 0 Å². The van der Waals surface area contributed by atoms with Crippen LogP contribution >= 0.6 is 0 Å². The molecule has 3 rings (SSSR count). The molecule has 139 valence electrons. The second-order valence-electron chi connectivity index (χ2n) is 6.57. The Kier molecular flexibility index (Phi) is 5.94. The van der Waals surface area contributed by atoms with E-state index in [9.17, 15) is 13.2 Å². The predicted molar refractivity (Wildman–Crippen MR) is 100 cm³/mol. The van der Waals surface area contributed by atoms with E-state index in [0.717, 1.165) is 42.9 Å². The number of esters is 1. The summed E-state index contributed by atoms with van der Waals surface area (Å²) in [6, 6.07) is 13.6. The predicted octanol–water partition coefficient (Wildman–Crippen LogP) is 3.53. The monoisotopic (exact) mass is 374 g/mol. The highest BCUT2D eigenvalue weighted by atomic mass is 32.2. The van der Waals surface area contributed by atoms with Crippen LogP contribution in [0.5, 0.6) is 0 Å². The molecule has 1 fully saturated rings. The van der Waals surface area contributed by atoms with Crippen LogP contribution in [0.15, 0.2) is 41.3 Å². The molecule has 5 nitrogen and oxygen atoms in total. The zero-order valence-corrected chi connectivity index (χ0v) is 15.8. The minimum Gasteiger partial charge on any atom is -0.465 e. The molecule has 6 heteroatoms. The van der Waals surface area contributed by atoms with E-state index in [-0.39, 0.29) is 24.1 Å². The van der Waals surface area contributed by atoms with Gasteiger partial charge in [0.1, 0.15) is 6.54 Å². The number of ether oxygens (including phenoxy) is 1. The van der Waals surface area contributed by atoms with Gasteiger partial charge in [0, 0.05) is 12.1 Å². The molecule has 0 spiro atoms. The summed E-state index contributed by atoms with van der Waals surface area (Å²) < 4.78 is 32.9. The largest absolute Gasteiger partial charge is 0.465 e. The standard InChI is InChI=1S/C20H24NO4S/c1-2-25-20(22)15-21(18-10-4-3-5-11-18)26(23,24)19-13-12-16-8-6-7-9-17(16)14-19/h6-9,12,14,18H,2-5,10-11,15H2,1H3. The summed E-state index contributed by atoms with van der Waals surface area (Å²) in [5.74, 6) is -0.512. The van der Waals surface area contributed by atoms with Crippen LogP contribution in [-0.4, -0.2) is 37.9 Å². The highest BCUT2D eigenvalue weighted by Gasteiger charge is 2.34. The zero-order chi connectivity index (χ0) is 18.6. The number of carbonyl (C=O) groups excluding carboxylic acids is 1. The highest BCUT2D eigenvalue weighted by molar-refractivity contribution is 7.89. The summed E-state index contributed by atoms with van der Waals surface area (Å²) in [4.78, 5) is 12.2. The summed E-state index contributed by atoms with van der Waals surface area (Å²) >= 11 is 0. The lowest BCUT2D eigenvalue weighted by atomic mass is 9.95. The smallest absolute Gasteiger partial charge is 0.321 e. The highest BCUT2D eigenvalue weighted by Crippen LogP contribution is 2.29. The van der Waals surface area contributed by atoms with Crippen molar-refractivity contribution in [1.82, 2.24) is 4.31 Å². The van der Waals surface area contributed by atoms with Crippen LogP contribution in [0, 0.1) is 6.07 Å². The minimum absolute atomic E-state index is 0.103. The molecule has 0 saturated heterocycles. The first-order chi connectivity index (χ1) is 12.5. The summed E-state index contributed by atoms with van der Waals surface area (Å²) in [5, 5.41) is 1.77. The molecule has 0 amide bonds. The van der Waals surface area contributed by atoms with Crippen LogP contribution in [0.1, 0.15) is 39.0 Å². The van der Waals surface area contributed by atoms with Crippen LogP contribution in [0.3, 0.4) is 0 Å². The number of benzene rings is 2. The Morgan fingerprint density at radius 1 is 1.19 bits per heavy atom. The third-order valence-corrected chi connectivity index (χ3v) is 6.65. The molecule has 0 aliphatic heterocycles. The fourth-order valence-electron chi connectivity index (χ4n) is 3.49. The quantitative estimate of drug-likeness (QED) is 0.726. The van der Waals surface area contributed by atoms with Gasteiger partial charge in [-0.25, -0.2) is 8.42 Å². The molecule has 0 atom stereocenters.